The summed E-state index contributed by atoms with van der Waals surface area (Å²) in [6.07, 6.45) is 3.80. The van der Waals surface area contributed by atoms with Crippen LogP contribution >= 0.6 is 0 Å². The van der Waals surface area contributed by atoms with Crippen molar-refractivity contribution in [2.24, 2.45) is 5.73 Å². The fourth-order valence-electron chi connectivity index (χ4n) is 2.51. The van der Waals surface area contributed by atoms with Crippen LogP contribution in [0.15, 0.2) is 18.2 Å². The molecule has 5 heteroatoms. The molecule has 1 aromatic rings. The van der Waals surface area contributed by atoms with E-state index in [1.807, 2.05) is 0 Å². The molecule has 0 aliphatic heterocycles. The van der Waals surface area contributed by atoms with Crippen LogP contribution in [0.1, 0.15) is 36.0 Å². The molecule has 0 spiro atoms. The van der Waals surface area contributed by atoms with Crippen molar-refractivity contribution in [1.82, 2.24) is 5.32 Å². The molecule has 1 amide bonds. The van der Waals surface area contributed by atoms with Gasteiger partial charge >= 0.3 is 0 Å². The quantitative estimate of drug-likeness (QED) is 0.879. The molecule has 1 aliphatic rings. The predicted molar refractivity (Wildman–Crippen MR) is 77.2 cm³/mol. The highest BCUT2D eigenvalue weighted by molar-refractivity contribution is 5.97. The number of amides is 1. The third-order valence-electron chi connectivity index (χ3n) is 3.76. The Kier molecular flexibility index (Phi) is 4.84. The van der Waals surface area contributed by atoms with Gasteiger partial charge < -0.3 is 20.5 Å². The van der Waals surface area contributed by atoms with Gasteiger partial charge in [0.05, 0.1) is 19.8 Å². The molecule has 110 valence electrons. The van der Waals surface area contributed by atoms with Crippen LogP contribution in [0.4, 0.5) is 0 Å². The number of hydrogen-bond acceptors (Lipinski definition) is 4. The Morgan fingerprint density at radius 1 is 1.20 bits per heavy atom. The maximum atomic E-state index is 12.3. The highest BCUT2D eigenvalue weighted by Gasteiger charge is 2.22. The highest BCUT2D eigenvalue weighted by Crippen LogP contribution is 2.25. The molecule has 0 unspecified atom stereocenters. The standard InChI is InChI=1S/C15H22N2O3/c1-19-12-7-8-13(14(9-12)20-2)15(18)17-11-5-3-10(16)4-6-11/h7-11H,3-6,16H2,1-2H3,(H,17,18). The number of rotatable bonds is 4. The Hall–Kier alpha value is -1.75. The SMILES string of the molecule is COc1ccc(C(=O)NC2CCC(N)CC2)c(OC)c1. The molecule has 0 heterocycles. The fraction of sp³-hybridized carbons (Fsp3) is 0.533. The number of carbonyl (C=O) groups is 1. The molecule has 0 atom stereocenters. The topological polar surface area (TPSA) is 73.6 Å². The number of hydrogen-bond donors (Lipinski definition) is 2. The molecule has 1 aliphatic carbocycles. The molecule has 1 aromatic carbocycles. The van der Waals surface area contributed by atoms with Crippen LogP contribution in [-0.2, 0) is 0 Å². The zero-order valence-electron chi connectivity index (χ0n) is 12.0. The van der Waals surface area contributed by atoms with Crippen molar-refractivity contribution in [1.29, 1.82) is 0 Å². The number of nitrogens with one attached hydrogen (secondary N) is 1. The monoisotopic (exact) mass is 278 g/mol. The molecule has 20 heavy (non-hydrogen) atoms. The lowest BCUT2D eigenvalue weighted by molar-refractivity contribution is 0.0923. The Labute approximate surface area is 119 Å². The summed E-state index contributed by atoms with van der Waals surface area (Å²) in [7, 11) is 3.13. The van der Waals surface area contributed by atoms with Crippen LogP contribution < -0.4 is 20.5 Å². The van der Waals surface area contributed by atoms with Gasteiger partial charge in [0.25, 0.3) is 5.91 Å². The highest BCUT2D eigenvalue weighted by atomic mass is 16.5. The van der Waals surface area contributed by atoms with Crippen LogP contribution in [0.5, 0.6) is 11.5 Å². The summed E-state index contributed by atoms with van der Waals surface area (Å²) in [6, 6.07) is 5.68. The molecule has 5 nitrogen and oxygen atoms in total. The molecular weight excluding hydrogens is 256 g/mol. The van der Waals surface area contributed by atoms with E-state index in [1.54, 1.807) is 32.4 Å². The van der Waals surface area contributed by atoms with Crippen LogP contribution in [0, 0.1) is 0 Å². The zero-order chi connectivity index (χ0) is 14.5. The van der Waals surface area contributed by atoms with Crippen LogP contribution in [0.2, 0.25) is 0 Å². The molecule has 1 fully saturated rings. The van der Waals surface area contributed by atoms with Gasteiger partial charge in [0.2, 0.25) is 0 Å². The molecule has 2 rings (SSSR count). The minimum absolute atomic E-state index is 0.107. The lowest BCUT2D eigenvalue weighted by Crippen LogP contribution is -2.40. The molecule has 3 N–H and O–H groups in total. The number of carbonyl (C=O) groups excluding carboxylic acids is 1. The second-order valence-electron chi connectivity index (χ2n) is 5.15. The van der Waals surface area contributed by atoms with Crippen molar-refractivity contribution < 1.29 is 14.3 Å². The summed E-state index contributed by atoms with van der Waals surface area (Å²) in [4.78, 5) is 12.3. The van der Waals surface area contributed by atoms with E-state index in [-0.39, 0.29) is 18.0 Å². The van der Waals surface area contributed by atoms with Gasteiger partial charge in [-0.2, -0.15) is 0 Å². The largest absolute Gasteiger partial charge is 0.497 e. The van der Waals surface area contributed by atoms with Gasteiger partial charge in [0.1, 0.15) is 11.5 Å². The first kappa shape index (κ1) is 14.7. The van der Waals surface area contributed by atoms with Crippen molar-refractivity contribution >= 4 is 5.91 Å². The maximum absolute atomic E-state index is 12.3. The first-order valence-electron chi connectivity index (χ1n) is 6.92. The first-order valence-corrected chi connectivity index (χ1v) is 6.92. The molecule has 1 saturated carbocycles. The Balaban J connectivity index is 2.05. The van der Waals surface area contributed by atoms with Gasteiger partial charge in [0, 0.05) is 18.2 Å². The molecule has 0 bridgehead atoms. The number of benzene rings is 1. The van der Waals surface area contributed by atoms with E-state index in [0.29, 0.717) is 17.1 Å². The fourth-order valence-corrected chi connectivity index (χ4v) is 2.51. The van der Waals surface area contributed by atoms with Gasteiger partial charge in [-0.25, -0.2) is 0 Å². The number of nitrogens with two attached hydrogens (primary N) is 1. The van der Waals surface area contributed by atoms with E-state index in [2.05, 4.69) is 5.32 Å². The second kappa shape index (κ2) is 6.61. The molecular formula is C15H22N2O3. The molecule has 0 radical (unpaired) electrons. The zero-order valence-corrected chi connectivity index (χ0v) is 12.0. The van der Waals surface area contributed by atoms with E-state index in [1.165, 1.54) is 0 Å². The van der Waals surface area contributed by atoms with E-state index < -0.39 is 0 Å². The van der Waals surface area contributed by atoms with Crippen molar-refractivity contribution in [2.75, 3.05) is 14.2 Å². The van der Waals surface area contributed by atoms with E-state index in [9.17, 15) is 4.79 Å². The predicted octanol–water partition coefficient (Wildman–Crippen LogP) is 1.70. The summed E-state index contributed by atoms with van der Waals surface area (Å²) >= 11 is 0. The minimum Gasteiger partial charge on any atom is -0.497 e. The Bertz CT molecular complexity index is 468. The average Bonchev–Trinajstić information content (AvgIpc) is 2.48. The van der Waals surface area contributed by atoms with Crippen LogP contribution in [0.25, 0.3) is 0 Å². The van der Waals surface area contributed by atoms with Crippen LogP contribution in [0.3, 0.4) is 0 Å². The van der Waals surface area contributed by atoms with Crippen molar-refractivity contribution in [3.63, 3.8) is 0 Å². The smallest absolute Gasteiger partial charge is 0.255 e. The molecule has 0 saturated heterocycles. The van der Waals surface area contributed by atoms with Gasteiger partial charge in [-0.1, -0.05) is 0 Å². The third-order valence-corrected chi connectivity index (χ3v) is 3.76. The van der Waals surface area contributed by atoms with Gasteiger partial charge in [-0.05, 0) is 37.8 Å². The molecule has 0 aromatic heterocycles. The summed E-state index contributed by atoms with van der Waals surface area (Å²) in [6.45, 7) is 0. The third kappa shape index (κ3) is 3.42. The lowest BCUT2D eigenvalue weighted by Gasteiger charge is -2.27. The van der Waals surface area contributed by atoms with Gasteiger partial charge in [0.15, 0.2) is 0 Å². The van der Waals surface area contributed by atoms with Crippen molar-refractivity contribution in [3.8, 4) is 11.5 Å². The van der Waals surface area contributed by atoms with E-state index >= 15 is 0 Å². The Morgan fingerprint density at radius 2 is 1.90 bits per heavy atom. The lowest BCUT2D eigenvalue weighted by atomic mass is 9.91. The number of ether oxygens (including phenoxy) is 2. The van der Waals surface area contributed by atoms with Gasteiger partial charge in [-0.15, -0.1) is 0 Å². The van der Waals surface area contributed by atoms with Crippen molar-refractivity contribution in [3.05, 3.63) is 23.8 Å². The van der Waals surface area contributed by atoms with E-state index in [4.69, 9.17) is 15.2 Å². The average molecular weight is 278 g/mol. The summed E-state index contributed by atoms with van der Waals surface area (Å²) < 4.78 is 10.4. The second-order valence-corrected chi connectivity index (χ2v) is 5.15. The van der Waals surface area contributed by atoms with E-state index in [0.717, 1.165) is 25.7 Å². The number of methoxy groups -OCH3 is 2. The maximum Gasteiger partial charge on any atom is 0.255 e. The first-order chi connectivity index (χ1) is 9.63. The van der Waals surface area contributed by atoms with Crippen molar-refractivity contribution in [2.45, 2.75) is 37.8 Å². The summed E-state index contributed by atoms with van der Waals surface area (Å²) in [5, 5.41) is 3.05. The summed E-state index contributed by atoms with van der Waals surface area (Å²) in [5.74, 6) is 1.08. The minimum atomic E-state index is -0.107. The Morgan fingerprint density at radius 3 is 2.50 bits per heavy atom. The summed E-state index contributed by atoms with van der Waals surface area (Å²) in [5.41, 5.74) is 6.40. The normalized spacial score (nSPS) is 22.1. The van der Waals surface area contributed by atoms with Gasteiger partial charge in [-0.3, -0.25) is 4.79 Å². The van der Waals surface area contributed by atoms with Crippen LogP contribution in [-0.4, -0.2) is 32.2 Å².